The number of aromatic nitrogens is 1. The molecule has 1 aromatic heterocycles. The number of aliphatic hydroxyl groups is 1. The van der Waals surface area contributed by atoms with Crippen LogP contribution in [0.5, 0.6) is 0 Å². The van der Waals surface area contributed by atoms with Crippen molar-refractivity contribution in [2.24, 2.45) is 0 Å². The third kappa shape index (κ3) is 5.58. The number of hydrogen-bond donors (Lipinski definition) is 2. The van der Waals surface area contributed by atoms with E-state index in [2.05, 4.69) is 15.2 Å². The van der Waals surface area contributed by atoms with Gasteiger partial charge in [0.25, 0.3) is 0 Å². The normalized spacial score (nSPS) is 18.9. The summed E-state index contributed by atoms with van der Waals surface area (Å²) >= 11 is 0. The van der Waals surface area contributed by atoms with Gasteiger partial charge in [-0.15, -0.1) is 0 Å². The third-order valence-electron chi connectivity index (χ3n) is 3.99. The zero-order valence-electron chi connectivity index (χ0n) is 12.9. The molecule has 1 atom stereocenters. The second-order valence-electron chi connectivity index (χ2n) is 5.63. The van der Waals surface area contributed by atoms with Crippen molar-refractivity contribution in [1.82, 2.24) is 15.2 Å². The predicted octanol–water partition coefficient (Wildman–Crippen LogP) is 1.45. The number of likely N-dealkylation sites (tertiary alicyclic amines) is 1. The van der Waals surface area contributed by atoms with E-state index < -0.39 is 0 Å². The van der Waals surface area contributed by atoms with Gasteiger partial charge in [0, 0.05) is 31.1 Å². The molecule has 0 spiro atoms. The monoisotopic (exact) mass is 303 g/mol. The molecule has 1 fully saturated rings. The van der Waals surface area contributed by atoms with Crippen molar-refractivity contribution in [3.05, 3.63) is 36.2 Å². The van der Waals surface area contributed by atoms with Crippen LogP contribution in [-0.2, 0) is 4.79 Å². The van der Waals surface area contributed by atoms with Gasteiger partial charge in [0.1, 0.15) is 0 Å². The molecule has 0 saturated carbocycles. The summed E-state index contributed by atoms with van der Waals surface area (Å²) in [7, 11) is 0. The average molecular weight is 303 g/mol. The number of carbonyl (C=O) groups excluding carboxylic acids is 1. The molecular weight excluding hydrogens is 278 g/mol. The Kier molecular flexibility index (Phi) is 7.06. The molecule has 1 amide bonds. The van der Waals surface area contributed by atoms with Crippen LogP contribution in [0.4, 0.5) is 0 Å². The van der Waals surface area contributed by atoms with Crippen molar-refractivity contribution >= 4 is 12.0 Å². The lowest BCUT2D eigenvalue weighted by Crippen LogP contribution is -2.33. The standard InChI is InChI=1S/C17H25N3O2/c21-14-16-6-4-12-20(16)11-2-1-10-19-17(22)8-7-15-5-3-9-18-13-15/h3,5,7-9,13,16,21H,1-2,4,6,10-12,14H2,(H,19,22)/b8-7+. The fraction of sp³-hybridized carbons (Fsp3) is 0.529. The highest BCUT2D eigenvalue weighted by atomic mass is 16.3. The molecule has 0 aliphatic carbocycles. The minimum atomic E-state index is -0.0711. The summed E-state index contributed by atoms with van der Waals surface area (Å²) in [6.07, 6.45) is 11.0. The Balaban J connectivity index is 1.56. The van der Waals surface area contributed by atoms with E-state index in [1.54, 1.807) is 24.5 Å². The molecule has 1 aromatic rings. The quantitative estimate of drug-likeness (QED) is 0.563. The number of hydrogen-bond acceptors (Lipinski definition) is 4. The Hall–Kier alpha value is -1.72. The summed E-state index contributed by atoms with van der Waals surface area (Å²) in [5, 5.41) is 12.1. The van der Waals surface area contributed by atoms with E-state index in [9.17, 15) is 9.90 Å². The lowest BCUT2D eigenvalue weighted by atomic mass is 10.2. The van der Waals surface area contributed by atoms with E-state index in [-0.39, 0.29) is 12.5 Å². The fourth-order valence-corrected chi connectivity index (χ4v) is 2.75. The SMILES string of the molecule is O=C(/C=C/c1cccnc1)NCCCCN1CCCC1CO. The number of aliphatic hydroxyl groups excluding tert-OH is 1. The summed E-state index contributed by atoms with van der Waals surface area (Å²) < 4.78 is 0. The number of nitrogens with one attached hydrogen (secondary N) is 1. The first-order valence-corrected chi connectivity index (χ1v) is 8.00. The van der Waals surface area contributed by atoms with Gasteiger partial charge in [0.15, 0.2) is 0 Å². The van der Waals surface area contributed by atoms with E-state index in [1.807, 2.05) is 12.1 Å². The summed E-state index contributed by atoms with van der Waals surface area (Å²) in [5.41, 5.74) is 0.918. The number of carbonyl (C=O) groups is 1. The Bertz CT molecular complexity index is 476. The molecule has 1 saturated heterocycles. The molecule has 2 heterocycles. The molecule has 1 aliphatic heterocycles. The first-order valence-electron chi connectivity index (χ1n) is 8.00. The minimum absolute atomic E-state index is 0.0711. The third-order valence-corrected chi connectivity index (χ3v) is 3.99. The van der Waals surface area contributed by atoms with Crippen LogP contribution in [0, 0.1) is 0 Å². The second-order valence-corrected chi connectivity index (χ2v) is 5.63. The van der Waals surface area contributed by atoms with Gasteiger partial charge in [-0.05, 0) is 56.5 Å². The van der Waals surface area contributed by atoms with E-state index in [4.69, 9.17) is 0 Å². The van der Waals surface area contributed by atoms with E-state index in [1.165, 1.54) is 6.42 Å². The molecule has 5 heteroatoms. The molecule has 120 valence electrons. The number of rotatable bonds is 8. The number of pyridine rings is 1. The van der Waals surface area contributed by atoms with E-state index >= 15 is 0 Å². The number of amides is 1. The van der Waals surface area contributed by atoms with Gasteiger partial charge in [-0.2, -0.15) is 0 Å². The van der Waals surface area contributed by atoms with Crippen molar-refractivity contribution < 1.29 is 9.90 Å². The predicted molar refractivity (Wildman–Crippen MR) is 87.2 cm³/mol. The summed E-state index contributed by atoms with van der Waals surface area (Å²) in [4.78, 5) is 18.0. The highest BCUT2D eigenvalue weighted by Crippen LogP contribution is 2.16. The minimum Gasteiger partial charge on any atom is -0.395 e. The number of unbranched alkanes of at least 4 members (excludes halogenated alkanes) is 1. The van der Waals surface area contributed by atoms with Crippen LogP contribution in [0.25, 0.3) is 6.08 Å². The van der Waals surface area contributed by atoms with Crippen molar-refractivity contribution in [2.45, 2.75) is 31.7 Å². The molecule has 0 bridgehead atoms. The van der Waals surface area contributed by atoms with Gasteiger partial charge < -0.3 is 10.4 Å². The van der Waals surface area contributed by atoms with Crippen LogP contribution < -0.4 is 5.32 Å². The van der Waals surface area contributed by atoms with Crippen molar-refractivity contribution in [1.29, 1.82) is 0 Å². The molecule has 1 aliphatic rings. The summed E-state index contributed by atoms with van der Waals surface area (Å²) in [6.45, 7) is 3.04. The first-order chi connectivity index (χ1) is 10.8. The summed E-state index contributed by atoms with van der Waals surface area (Å²) in [5.74, 6) is -0.0711. The maximum Gasteiger partial charge on any atom is 0.243 e. The number of nitrogens with zero attached hydrogens (tertiary/aromatic N) is 2. The Labute approximate surface area is 132 Å². The van der Waals surface area contributed by atoms with Gasteiger partial charge in [-0.1, -0.05) is 6.07 Å². The molecule has 2 N–H and O–H groups in total. The molecule has 2 rings (SSSR count). The van der Waals surface area contributed by atoms with E-state index in [0.717, 1.165) is 37.9 Å². The molecular formula is C17H25N3O2. The van der Waals surface area contributed by atoms with Crippen LogP contribution in [0.15, 0.2) is 30.6 Å². The zero-order chi connectivity index (χ0) is 15.6. The van der Waals surface area contributed by atoms with Gasteiger partial charge in [-0.3, -0.25) is 14.7 Å². The lowest BCUT2D eigenvalue weighted by Gasteiger charge is -2.22. The van der Waals surface area contributed by atoms with Crippen LogP contribution in [0.2, 0.25) is 0 Å². The molecule has 0 radical (unpaired) electrons. The smallest absolute Gasteiger partial charge is 0.243 e. The van der Waals surface area contributed by atoms with Gasteiger partial charge in [-0.25, -0.2) is 0 Å². The molecule has 5 nitrogen and oxygen atoms in total. The lowest BCUT2D eigenvalue weighted by molar-refractivity contribution is -0.116. The average Bonchev–Trinajstić information content (AvgIpc) is 3.01. The molecule has 22 heavy (non-hydrogen) atoms. The van der Waals surface area contributed by atoms with Gasteiger partial charge >= 0.3 is 0 Å². The van der Waals surface area contributed by atoms with E-state index in [0.29, 0.717) is 12.6 Å². The van der Waals surface area contributed by atoms with Crippen molar-refractivity contribution in [2.75, 3.05) is 26.2 Å². The second kappa shape index (κ2) is 9.33. The van der Waals surface area contributed by atoms with Crippen LogP contribution in [0.1, 0.15) is 31.2 Å². The van der Waals surface area contributed by atoms with Crippen LogP contribution in [0.3, 0.4) is 0 Å². The topological polar surface area (TPSA) is 65.5 Å². The van der Waals surface area contributed by atoms with Crippen LogP contribution >= 0.6 is 0 Å². The maximum absolute atomic E-state index is 11.7. The maximum atomic E-state index is 11.7. The van der Waals surface area contributed by atoms with Crippen LogP contribution in [-0.4, -0.2) is 53.2 Å². The Morgan fingerprint density at radius 2 is 2.41 bits per heavy atom. The zero-order valence-corrected chi connectivity index (χ0v) is 12.9. The largest absolute Gasteiger partial charge is 0.395 e. The molecule has 1 unspecified atom stereocenters. The molecule has 0 aromatic carbocycles. The van der Waals surface area contributed by atoms with Gasteiger partial charge in [0.05, 0.1) is 6.61 Å². The fourth-order valence-electron chi connectivity index (χ4n) is 2.75. The van der Waals surface area contributed by atoms with Crippen molar-refractivity contribution in [3.8, 4) is 0 Å². The van der Waals surface area contributed by atoms with Gasteiger partial charge in [0.2, 0.25) is 5.91 Å². The van der Waals surface area contributed by atoms with Crippen molar-refractivity contribution in [3.63, 3.8) is 0 Å². The summed E-state index contributed by atoms with van der Waals surface area (Å²) in [6, 6.07) is 4.09. The first kappa shape index (κ1) is 16.6. The Morgan fingerprint density at radius 3 is 3.18 bits per heavy atom. The highest BCUT2D eigenvalue weighted by Gasteiger charge is 2.22. The Morgan fingerprint density at radius 1 is 1.50 bits per heavy atom. The highest BCUT2D eigenvalue weighted by molar-refractivity contribution is 5.91.